The number of thiocarbonyl (C=S) groups is 1. The van der Waals surface area contributed by atoms with E-state index in [1.54, 1.807) is 0 Å². The van der Waals surface area contributed by atoms with Crippen molar-refractivity contribution in [2.75, 3.05) is 5.32 Å². The van der Waals surface area contributed by atoms with Crippen LogP contribution in [0, 0.1) is 13.8 Å². The Morgan fingerprint density at radius 1 is 1.20 bits per heavy atom. The molecule has 2 aromatic rings. The third kappa shape index (κ3) is 3.37. The molecule has 1 heterocycles. The molecular formula is C14H13Br2N3S. The zero-order valence-electron chi connectivity index (χ0n) is 11.0. The molecule has 0 amide bonds. The third-order valence-corrected chi connectivity index (χ3v) is 4.13. The van der Waals surface area contributed by atoms with Crippen molar-refractivity contribution in [1.82, 2.24) is 4.98 Å². The van der Waals surface area contributed by atoms with Crippen LogP contribution in [-0.2, 0) is 0 Å². The monoisotopic (exact) mass is 413 g/mol. The van der Waals surface area contributed by atoms with Gasteiger partial charge in [-0.05, 0) is 54.0 Å². The largest absolute Gasteiger partial charge is 0.389 e. The summed E-state index contributed by atoms with van der Waals surface area (Å²) in [6.45, 7) is 3.85. The normalized spacial score (nSPS) is 10.4. The van der Waals surface area contributed by atoms with Gasteiger partial charge in [0.05, 0.1) is 16.9 Å². The van der Waals surface area contributed by atoms with E-state index in [1.165, 1.54) is 0 Å². The number of hydrogen-bond donors (Lipinski definition) is 2. The standard InChI is InChI=1S/C14H13Br2N3S/c1-7-5-12(13(14(17)20)8(2)18-7)19-11-4-3-9(15)6-10(11)16/h3-6H,1-2H3,(H2,17,20)(H,18,19). The van der Waals surface area contributed by atoms with E-state index >= 15 is 0 Å². The summed E-state index contributed by atoms with van der Waals surface area (Å²) in [6.07, 6.45) is 0. The van der Waals surface area contributed by atoms with E-state index in [-0.39, 0.29) is 0 Å². The highest BCUT2D eigenvalue weighted by Crippen LogP contribution is 2.31. The average molecular weight is 415 g/mol. The summed E-state index contributed by atoms with van der Waals surface area (Å²) >= 11 is 12.1. The molecule has 3 nitrogen and oxygen atoms in total. The minimum atomic E-state index is 0.339. The number of benzene rings is 1. The molecule has 6 heteroatoms. The van der Waals surface area contributed by atoms with Crippen molar-refractivity contribution in [3.8, 4) is 0 Å². The minimum absolute atomic E-state index is 0.339. The molecule has 0 aliphatic carbocycles. The number of nitrogens with two attached hydrogens (primary N) is 1. The molecule has 0 unspecified atom stereocenters. The van der Waals surface area contributed by atoms with E-state index in [0.717, 1.165) is 37.3 Å². The number of aromatic nitrogens is 1. The summed E-state index contributed by atoms with van der Waals surface area (Å²) < 4.78 is 1.96. The number of nitrogens with one attached hydrogen (secondary N) is 1. The second kappa shape index (κ2) is 6.20. The molecule has 0 saturated heterocycles. The molecule has 104 valence electrons. The van der Waals surface area contributed by atoms with Crippen LogP contribution in [-0.4, -0.2) is 9.97 Å². The highest BCUT2D eigenvalue weighted by molar-refractivity contribution is 9.11. The van der Waals surface area contributed by atoms with Crippen molar-refractivity contribution in [2.45, 2.75) is 13.8 Å². The molecule has 0 saturated carbocycles. The molecule has 20 heavy (non-hydrogen) atoms. The summed E-state index contributed by atoms with van der Waals surface area (Å²) in [6, 6.07) is 7.86. The minimum Gasteiger partial charge on any atom is -0.389 e. The SMILES string of the molecule is Cc1cc(Nc2ccc(Br)cc2Br)c(C(N)=S)c(C)n1. The highest BCUT2D eigenvalue weighted by atomic mass is 79.9. The van der Waals surface area contributed by atoms with Gasteiger partial charge < -0.3 is 11.1 Å². The molecule has 0 atom stereocenters. The fraction of sp³-hybridized carbons (Fsp3) is 0.143. The molecule has 0 radical (unpaired) electrons. The van der Waals surface area contributed by atoms with Crippen molar-refractivity contribution < 1.29 is 0 Å². The van der Waals surface area contributed by atoms with E-state index < -0.39 is 0 Å². The lowest BCUT2D eigenvalue weighted by Gasteiger charge is -2.15. The maximum absolute atomic E-state index is 5.81. The van der Waals surface area contributed by atoms with Gasteiger partial charge in [0.2, 0.25) is 0 Å². The van der Waals surface area contributed by atoms with Crippen molar-refractivity contribution in [1.29, 1.82) is 0 Å². The van der Waals surface area contributed by atoms with Crippen LogP contribution < -0.4 is 11.1 Å². The Hall–Kier alpha value is -0.980. The molecule has 0 fully saturated rings. The maximum Gasteiger partial charge on any atom is 0.107 e. The van der Waals surface area contributed by atoms with E-state index in [9.17, 15) is 0 Å². The number of anilines is 2. The summed E-state index contributed by atoms with van der Waals surface area (Å²) in [4.78, 5) is 4.75. The zero-order valence-corrected chi connectivity index (χ0v) is 15.0. The summed E-state index contributed by atoms with van der Waals surface area (Å²) in [5.74, 6) is 0. The van der Waals surface area contributed by atoms with Gasteiger partial charge in [0.25, 0.3) is 0 Å². The first kappa shape index (κ1) is 15.4. The predicted molar refractivity (Wildman–Crippen MR) is 94.7 cm³/mol. The molecule has 1 aromatic carbocycles. The van der Waals surface area contributed by atoms with E-state index in [1.807, 2.05) is 38.1 Å². The number of aryl methyl sites for hydroxylation is 2. The first-order valence-corrected chi connectivity index (χ1v) is 7.88. The molecule has 0 aliphatic rings. The molecule has 0 spiro atoms. The van der Waals surface area contributed by atoms with Crippen LogP contribution in [0.1, 0.15) is 17.0 Å². The molecular weight excluding hydrogens is 402 g/mol. The first-order chi connectivity index (χ1) is 9.38. The summed E-state index contributed by atoms with van der Waals surface area (Å²) in [5.41, 5.74) is 10.1. The van der Waals surface area contributed by atoms with Crippen molar-refractivity contribution >= 4 is 60.4 Å². The zero-order chi connectivity index (χ0) is 14.9. The van der Waals surface area contributed by atoms with Crippen LogP contribution in [0.4, 0.5) is 11.4 Å². The fourth-order valence-corrected chi connectivity index (χ4v) is 3.38. The number of pyridine rings is 1. The van der Waals surface area contributed by atoms with E-state index in [4.69, 9.17) is 18.0 Å². The lowest BCUT2D eigenvalue weighted by molar-refractivity contribution is 1.11. The topological polar surface area (TPSA) is 50.9 Å². The lowest BCUT2D eigenvalue weighted by atomic mass is 10.1. The Kier molecular flexibility index (Phi) is 4.78. The van der Waals surface area contributed by atoms with Crippen LogP contribution in [0.3, 0.4) is 0 Å². The van der Waals surface area contributed by atoms with Crippen molar-refractivity contribution in [3.63, 3.8) is 0 Å². The first-order valence-electron chi connectivity index (χ1n) is 5.88. The van der Waals surface area contributed by atoms with Gasteiger partial charge in [0.1, 0.15) is 4.99 Å². The van der Waals surface area contributed by atoms with E-state index in [0.29, 0.717) is 4.99 Å². The van der Waals surface area contributed by atoms with Gasteiger partial charge in [-0.1, -0.05) is 28.1 Å². The maximum atomic E-state index is 5.81. The van der Waals surface area contributed by atoms with Crippen LogP contribution in [0.2, 0.25) is 0 Å². The highest BCUT2D eigenvalue weighted by Gasteiger charge is 2.12. The Bertz CT molecular complexity index is 686. The van der Waals surface area contributed by atoms with Crippen molar-refractivity contribution in [2.24, 2.45) is 5.73 Å². The quantitative estimate of drug-likeness (QED) is 0.720. The van der Waals surface area contributed by atoms with Crippen LogP contribution in [0.15, 0.2) is 33.2 Å². The number of halogens is 2. The molecule has 2 rings (SSSR count). The molecule has 0 bridgehead atoms. The smallest absolute Gasteiger partial charge is 0.107 e. The molecule has 3 N–H and O–H groups in total. The lowest BCUT2D eigenvalue weighted by Crippen LogP contribution is -2.15. The van der Waals surface area contributed by atoms with Gasteiger partial charge in [-0.25, -0.2) is 0 Å². The van der Waals surface area contributed by atoms with E-state index in [2.05, 4.69) is 42.2 Å². The number of hydrogen-bond acceptors (Lipinski definition) is 3. The van der Waals surface area contributed by atoms with Crippen molar-refractivity contribution in [3.05, 3.63) is 50.2 Å². The predicted octanol–water partition coefficient (Wildman–Crippen LogP) is 4.60. The second-order valence-electron chi connectivity index (χ2n) is 4.39. The van der Waals surface area contributed by atoms with Crippen LogP contribution >= 0.6 is 44.1 Å². The van der Waals surface area contributed by atoms with Gasteiger partial charge >= 0.3 is 0 Å². The van der Waals surface area contributed by atoms with Gasteiger partial charge in [-0.15, -0.1) is 0 Å². The number of nitrogens with zero attached hydrogens (tertiary/aromatic N) is 1. The second-order valence-corrected chi connectivity index (χ2v) is 6.59. The van der Waals surface area contributed by atoms with Gasteiger partial charge in [-0.2, -0.15) is 0 Å². The fourth-order valence-electron chi connectivity index (χ4n) is 1.97. The Morgan fingerprint density at radius 3 is 2.50 bits per heavy atom. The van der Waals surface area contributed by atoms with Gasteiger partial charge in [-0.3, -0.25) is 4.98 Å². The van der Waals surface area contributed by atoms with Crippen LogP contribution in [0.5, 0.6) is 0 Å². The average Bonchev–Trinajstić information content (AvgIpc) is 2.31. The Morgan fingerprint density at radius 2 is 1.90 bits per heavy atom. The Balaban J connectivity index is 2.50. The Labute approximate surface area is 140 Å². The third-order valence-electron chi connectivity index (χ3n) is 2.78. The van der Waals surface area contributed by atoms with Gasteiger partial charge in [0.15, 0.2) is 0 Å². The molecule has 0 aliphatic heterocycles. The summed E-state index contributed by atoms with van der Waals surface area (Å²) in [5, 5.41) is 3.36. The summed E-state index contributed by atoms with van der Waals surface area (Å²) in [7, 11) is 0. The molecule has 1 aromatic heterocycles. The van der Waals surface area contributed by atoms with Crippen LogP contribution in [0.25, 0.3) is 0 Å². The number of rotatable bonds is 3. The van der Waals surface area contributed by atoms with Gasteiger partial charge in [0, 0.05) is 20.3 Å².